The Morgan fingerprint density at radius 3 is 2.94 bits per heavy atom. The Kier molecular flexibility index (Phi) is 5.26. The van der Waals surface area contributed by atoms with E-state index in [4.69, 9.17) is 5.11 Å². The standard InChI is InChI=1S/C13H21N3OS/c1-16-12(9-17)14-15-13(16)18-10-11-7-5-3-2-4-6-8-11/h2-3,11,17H,4-10H2,1H3. The highest BCUT2D eigenvalue weighted by Gasteiger charge is 2.13. The zero-order valence-electron chi connectivity index (χ0n) is 10.9. The highest BCUT2D eigenvalue weighted by molar-refractivity contribution is 7.99. The van der Waals surface area contributed by atoms with Crippen LogP contribution in [0.15, 0.2) is 17.3 Å². The highest BCUT2D eigenvalue weighted by atomic mass is 32.2. The van der Waals surface area contributed by atoms with E-state index in [0.29, 0.717) is 5.82 Å². The molecule has 1 aliphatic rings. The first-order chi connectivity index (χ1) is 8.81. The van der Waals surface area contributed by atoms with Crippen LogP contribution in [0.25, 0.3) is 0 Å². The van der Waals surface area contributed by atoms with Gasteiger partial charge in [0.2, 0.25) is 0 Å². The van der Waals surface area contributed by atoms with E-state index in [2.05, 4.69) is 22.3 Å². The summed E-state index contributed by atoms with van der Waals surface area (Å²) in [5.74, 6) is 2.51. The van der Waals surface area contributed by atoms with Crippen molar-refractivity contribution in [3.8, 4) is 0 Å². The molecule has 18 heavy (non-hydrogen) atoms. The van der Waals surface area contributed by atoms with Gasteiger partial charge in [-0.25, -0.2) is 0 Å². The van der Waals surface area contributed by atoms with Gasteiger partial charge in [-0.15, -0.1) is 10.2 Å². The van der Waals surface area contributed by atoms with Gasteiger partial charge in [-0.05, 0) is 38.0 Å². The van der Waals surface area contributed by atoms with E-state index in [1.807, 2.05) is 11.6 Å². The van der Waals surface area contributed by atoms with Crippen LogP contribution in [-0.4, -0.2) is 25.6 Å². The Labute approximate surface area is 112 Å². The van der Waals surface area contributed by atoms with Gasteiger partial charge < -0.3 is 9.67 Å². The average Bonchev–Trinajstić information content (AvgIpc) is 2.69. The molecule has 1 N–H and O–H groups in total. The molecule has 0 amide bonds. The summed E-state index contributed by atoms with van der Waals surface area (Å²) in [4.78, 5) is 0. The Morgan fingerprint density at radius 1 is 1.33 bits per heavy atom. The maximum Gasteiger partial charge on any atom is 0.191 e. The molecule has 0 radical (unpaired) electrons. The van der Waals surface area contributed by atoms with Gasteiger partial charge in [0.25, 0.3) is 0 Å². The Hall–Kier alpha value is -0.810. The summed E-state index contributed by atoms with van der Waals surface area (Å²) in [7, 11) is 1.91. The lowest BCUT2D eigenvalue weighted by Crippen LogP contribution is -2.06. The van der Waals surface area contributed by atoms with Crippen LogP contribution in [0.5, 0.6) is 0 Å². The zero-order valence-corrected chi connectivity index (χ0v) is 11.7. The summed E-state index contributed by atoms with van der Waals surface area (Å²) >= 11 is 1.76. The molecule has 5 heteroatoms. The number of nitrogens with zero attached hydrogens (tertiary/aromatic N) is 3. The fraction of sp³-hybridized carbons (Fsp3) is 0.692. The van der Waals surface area contributed by atoms with Gasteiger partial charge in [-0.1, -0.05) is 23.9 Å². The Morgan fingerprint density at radius 2 is 2.17 bits per heavy atom. The topological polar surface area (TPSA) is 50.9 Å². The minimum atomic E-state index is -0.0434. The van der Waals surface area contributed by atoms with Crippen molar-refractivity contribution in [1.29, 1.82) is 0 Å². The van der Waals surface area contributed by atoms with Crippen LogP contribution < -0.4 is 0 Å². The third-order valence-corrected chi connectivity index (χ3v) is 4.66. The summed E-state index contributed by atoms with van der Waals surface area (Å²) < 4.78 is 1.88. The van der Waals surface area contributed by atoms with Crippen LogP contribution in [0.4, 0.5) is 0 Å². The SMILES string of the molecule is Cn1c(CO)nnc1SCC1CCC=CCCC1. The van der Waals surface area contributed by atoms with Gasteiger partial charge in [-0.2, -0.15) is 0 Å². The highest BCUT2D eigenvalue weighted by Crippen LogP contribution is 2.26. The average molecular weight is 267 g/mol. The van der Waals surface area contributed by atoms with E-state index in [1.165, 1.54) is 32.1 Å². The lowest BCUT2D eigenvalue weighted by Gasteiger charge is -2.16. The lowest BCUT2D eigenvalue weighted by molar-refractivity contribution is 0.266. The molecule has 0 saturated heterocycles. The number of hydrogen-bond acceptors (Lipinski definition) is 4. The van der Waals surface area contributed by atoms with E-state index in [-0.39, 0.29) is 6.61 Å². The maximum absolute atomic E-state index is 9.08. The molecular weight excluding hydrogens is 246 g/mol. The fourth-order valence-electron chi connectivity index (χ4n) is 2.20. The van der Waals surface area contributed by atoms with Crippen LogP contribution in [-0.2, 0) is 13.7 Å². The number of aromatic nitrogens is 3. The molecule has 0 spiro atoms. The van der Waals surface area contributed by atoms with Gasteiger partial charge in [0.05, 0.1) is 0 Å². The minimum absolute atomic E-state index is 0.0434. The summed E-state index contributed by atoms with van der Waals surface area (Å²) in [6.07, 6.45) is 10.9. The largest absolute Gasteiger partial charge is 0.388 e. The molecule has 1 aromatic heterocycles. The second kappa shape index (κ2) is 6.95. The summed E-state index contributed by atoms with van der Waals surface area (Å²) in [6, 6.07) is 0. The van der Waals surface area contributed by atoms with Crippen molar-refractivity contribution in [2.45, 2.75) is 43.9 Å². The first-order valence-corrected chi connectivity index (χ1v) is 7.56. The number of hydrogen-bond donors (Lipinski definition) is 1. The first kappa shape index (κ1) is 13.6. The molecule has 2 rings (SSSR count). The van der Waals surface area contributed by atoms with Gasteiger partial charge in [0, 0.05) is 12.8 Å². The second-order valence-corrected chi connectivity index (χ2v) is 5.76. The second-order valence-electron chi connectivity index (χ2n) is 4.77. The van der Waals surface area contributed by atoms with Gasteiger partial charge in [0.1, 0.15) is 6.61 Å². The van der Waals surface area contributed by atoms with Crippen molar-refractivity contribution in [2.24, 2.45) is 13.0 Å². The molecule has 0 bridgehead atoms. The molecular formula is C13H21N3OS. The monoisotopic (exact) mass is 267 g/mol. The smallest absolute Gasteiger partial charge is 0.191 e. The molecule has 1 aromatic rings. The van der Waals surface area contributed by atoms with Crippen molar-refractivity contribution < 1.29 is 5.11 Å². The van der Waals surface area contributed by atoms with Crippen molar-refractivity contribution in [3.63, 3.8) is 0 Å². The quantitative estimate of drug-likeness (QED) is 0.673. The molecule has 1 atom stereocenters. The summed E-state index contributed by atoms with van der Waals surface area (Å²) in [5, 5.41) is 18.1. The number of aliphatic hydroxyl groups is 1. The van der Waals surface area contributed by atoms with Crippen molar-refractivity contribution in [1.82, 2.24) is 14.8 Å². The van der Waals surface area contributed by atoms with Crippen LogP contribution >= 0.6 is 11.8 Å². The van der Waals surface area contributed by atoms with Gasteiger partial charge in [-0.3, -0.25) is 0 Å². The third kappa shape index (κ3) is 3.59. The predicted octanol–water partition coefficient (Wildman–Crippen LogP) is 2.54. The lowest BCUT2D eigenvalue weighted by atomic mass is 9.96. The molecule has 1 heterocycles. The van der Waals surface area contributed by atoms with Crippen LogP contribution in [0.2, 0.25) is 0 Å². The molecule has 4 nitrogen and oxygen atoms in total. The molecule has 1 aliphatic carbocycles. The van der Waals surface area contributed by atoms with E-state index in [9.17, 15) is 0 Å². The van der Waals surface area contributed by atoms with Crippen LogP contribution in [0.3, 0.4) is 0 Å². The van der Waals surface area contributed by atoms with Crippen LogP contribution in [0.1, 0.15) is 37.9 Å². The Bertz CT molecular complexity index is 403. The molecule has 0 aliphatic heterocycles. The van der Waals surface area contributed by atoms with E-state index in [1.54, 1.807) is 11.8 Å². The molecule has 100 valence electrons. The van der Waals surface area contributed by atoms with Crippen LogP contribution in [0, 0.1) is 5.92 Å². The maximum atomic E-state index is 9.08. The van der Waals surface area contributed by atoms with Gasteiger partial charge in [0.15, 0.2) is 11.0 Å². The first-order valence-electron chi connectivity index (χ1n) is 6.58. The van der Waals surface area contributed by atoms with Crippen molar-refractivity contribution >= 4 is 11.8 Å². The number of rotatable bonds is 4. The van der Waals surface area contributed by atoms with Gasteiger partial charge >= 0.3 is 0 Å². The Balaban J connectivity index is 1.86. The molecule has 0 aromatic carbocycles. The van der Waals surface area contributed by atoms with Crippen molar-refractivity contribution in [3.05, 3.63) is 18.0 Å². The number of thioether (sulfide) groups is 1. The fourth-order valence-corrected chi connectivity index (χ4v) is 3.32. The molecule has 0 saturated carbocycles. The van der Waals surface area contributed by atoms with E-state index < -0.39 is 0 Å². The van der Waals surface area contributed by atoms with E-state index in [0.717, 1.165) is 16.8 Å². The number of aliphatic hydroxyl groups excluding tert-OH is 1. The molecule has 1 unspecified atom stereocenters. The van der Waals surface area contributed by atoms with E-state index >= 15 is 0 Å². The zero-order chi connectivity index (χ0) is 12.8. The normalized spacial score (nSPS) is 20.7. The number of allylic oxidation sites excluding steroid dienone is 2. The minimum Gasteiger partial charge on any atom is -0.388 e. The van der Waals surface area contributed by atoms with Crippen molar-refractivity contribution in [2.75, 3.05) is 5.75 Å². The summed E-state index contributed by atoms with van der Waals surface area (Å²) in [5.41, 5.74) is 0. The third-order valence-electron chi connectivity index (χ3n) is 3.41. The summed E-state index contributed by atoms with van der Waals surface area (Å²) in [6.45, 7) is -0.0434. The molecule has 0 fully saturated rings. The predicted molar refractivity (Wildman–Crippen MR) is 73.4 cm³/mol.